The van der Waals surface area contributed by atoms with Crippen LogP contribution in [0.4, 0.5) is 17.5 Å². The Hall–Kier alpha value is -4.86. The molecule has 35 heavy (non-hydrogen) atoms. The summed E-state index contributed by atoms with van der Waals surface area (Å²) in [5.74, 6) is 2.24. The minimum atomic E-state index is 0.339. The summed E-state index contributed by atoms with van der Waals surface area (Å²) in [6.45, 7) is 0.651. The fourth-order valence-electron chi connectivity index (χ4n) is 3.61. The molecular formula is C25H23N9O. The smallest absolute Gasteiger partial charge is 0.229 e. The Morgan fingerprint density at radius 1 is 0.971 bits per heavy atom. The maximum absolute atomic E-state index is 6.23. The first-order valence-corrected chi connectivity index (χ1v) is 10.9. The lowest BCUT2D eigenvalue weighted by molar-refractivity contribution is 0.410. The van der Waals surface area contributed by atoms with Crippen molar-refractivity contribution >= 4 is 17.5 Å². The van der Waals surface area contributed by atoms with Gasteiger partial charge in [-0.2, -0.15) is 10.1 Å². The fourth-order valence-corrected chi connectivity index (χ4v) is 3.61. The lowest BCUT2D eigenvalue weighted by atomic mass is 10.1. The Bertz CT molecular complexity index is 1400. The van der Waals surface area contributed by atoms with Crippen molar-refractivity contribution in [1.82, 2.24) is 34.7 Å². The first kappa shape index (κ1) is 22.0. The molecule has 0 fully saturated rings. The molecule has 5 rings (SSSR count). The van der Waals surface area contributed by atoms with E-state index in [0.717, 1.165) is 28.1 Å². The van der Waals surface area contributed by atoms with Crippen LogP contribution in [-0.2, 0) is 13.0 Å². The summed E-state index contributed by atoms with van der Waals surface area (Å²) in [5, 5.41) is 7.29. The number of benzene rings is 2. The van der Waals surface area contributed by atoms with E-state index in [1.165, 1.54) is 6.33 Å². The van der Waals surface area contributed by atoms with Crippen LogP contribution in [0.5, 0.6) is 5.75 Å². The van der Waals surface area contributed by atoms with Gasteiger partial charge in [0, 0.05) is 47.4 Å². The molecule has 0 amide bonds. The molecule has 0 atom stereocenters. The van der Waals surface area contributed by atoms with Crippen molar-refractivity contribution in [2.24, 2.45) is 0 Å². The Morgan fingerprint density at radius 3 is 2.49 bits per heavy atom. The molecule has 3 heterocycles. The van der Waals surface area contributed by atoms with Crippen molar-refractivity contribution in [3.05, 3.63) is 96.7 Å². The summed E-state index contributed by atoms with van der Waals surface area (Å²) in [6, 6.07) is 15.7. The number of hydrogen-bond donors (Lipinski definition) is 2. The zero-order valence-corrected chi connectivity index (χ0v) is 19.0. The average molecular weight is 466 g/mol. The van der Waals surface area contributed by atoms with Gasteiger partial charge in [-0.1, -0.05) is 30.3 Å². The van der Waals surface area contributed by atoms with Gasteiger partial charge in [-0.05, 0) is 23.8 Å². The third-order valence-corrected chi connectivity index (χ3v) is 5.40. The van der Waals surface area contributed by atoms with Crippen molar-refractivity contribution in [1.29, 1.82) is 0 Å². The summed E-state index contributed by atoms with van der Waals surface area (Å²) >= 11 is 0. The highest BCUT2D eigenvalue weighted by molar-refractivity contribution is 5.73. The highest BCUT2D eigenvalue weighted by Crippen LogP contribution is 2.25. The highest BCUT2D eigenvalue weighted by atomic mass is 16.5. The van der Waals surface area contributed by atoms with Crippen molar-refractivity contribution in [2.75, 3.05) is 18.2 Å². The molecule has 0 bridgehead atoms. The highest BCUT2D eigenvalue weighted by Gasteiger charge is 2.10. The number of nitrogens with zero attached hydrogens (tertiary/aromatic N) is 7. The molecule has 0 aliphatic heterocycles. The molecule has 0 radical (unpaired) electrons. The first-order valence-electron chi connectivity index (χ1n) is 10.9. The van der Waals surface area contributed by atoms with Gasteiger partial charge in [0.05, 0.1) is 13.7 Å². The molecule has 10 heteroatoms. The monoisotopic (exact) mass is 465 g/mol. The molecule has 2 aromatic carbocycles. The van der Waals surface area contributed by atoms with Gasteiger partial charge < -0.3 is 15.8 Å². The maximum atomic E-state index is 6.23. The van der Waals surface area contributed by atoms with Gasteiger partial charge >= 0.3 is 0 Å². The molecule has 0 saturated heterocycles. The second-order valence-electron chi connectivity index (χ2n) is 7.78. The van der Waals surface area contributed by atoms with E-state index in [1.807, 2.05) is 48.5 Å². The topological polar surface area (TPSA) is 130 Å². The predicted molar refractivity (Wildman–Crippen MR) is 132 cm³/mol. The van der Waals surface area contributed by atoms with Gasteiger partial charge in [0.15, 0.2) is 0 Å². The third kappa shape index (κ3) is 5.22. The maximum Gasteiger partial charge on any atom is 0.229 e. The van der Waals surface area contributed by atoms with Crippen molar-refractivity contribution in [3.8, 4) is 16.9 Å². The number of nitrogens with two attached hydrogens (primary N) is 1. The van der Waals surface area contributed by atoms with Crippen LogP contribution >= 0.6 is 0 Å². The van der Waals surface area contributed by atoms with Crippen molar-refractivity contribution < 1.29 is 4.74 Å². The third-order valence-electron chi connectivity index (χ3n) is 5.40. The van der Waals surface area contributed by atoms with E-state index < -0.39 is 0 Å². The van der Waals surface area contributed by atoms with E-state index in [1.54, 1.807) is 36.7 Å². The number of rotatable bonds is 8. The lowest BCUT2D eigenvalue weighted by Crippen LogP contribution is -2.04. The van der Waals surface area contributed by atoms with E-state index in [4.69, 9.17) is 10.5 Å². The van der Waals surface area contributed by atoms with Gasteiger partial charge in [-0.15, -0.1) is 0 Å². The molecule has 0 spiro atoms. The molecule has 174 valence electrons. The fraction of sp³-hybridized carbons (Fsp3) is 0.120. The molecule has 3 N–H and O–H groups in total. The van der Waals surface area contributed by atoms with E-state index in [2.05, 4.69) is 35.3 Å². The summed E-state index contributed by atoms with van der Waals surface area (Å²) in [6.07, 6.45) is 8.90. The second-order valence-corrected chi connectivity index (χ2v) is 7.78. The van der Waals surface area contributed by atoms with E-state index >= 15 is 0 Å². The zero-order chi connectivity index (χ0) is 24.0. The Balaban J connectivity index is 1.25. The van der Waals surface area contributed by atoms with Gasteiger partial charge in [-0.3, -0.25) is 0 Å². The number of para-hydroxylation sites is 1. The van der Waals surface area contributed by atoms with Gasteiger partial charge in [0.1, 0.15) is 30.0 Å². The van der Waals surface area contributed by atoms with E-state index in [-0.39, 0.29) is 0 Å². The van der Waals surface area contributed by atoms with E-state index in [9.17, 15) is 0 Å². The summed E-state index contributed by atoms with van der Waals surface area (Å²) in [7, 11) is 1.65. The lowest BCUT2D eigenvalue weighted by Gasteiger charge is -2.10. The number of anilines is 3. The summed E-state index contributed by atoms with van der Waals surface area (Å²) < 4.78 is 7.17. The van der Waals surface area contributed by atoms with Crippen LogP contribution in [0.3, 0.4) is 0 Å². The number of hydrogen-bond acceptors (Lipinski definition) is 9. The first-order chi connectivity index (χ1) is 17.2. The van der Waals surface area contributed by atoms with Crippen molar-refractivity contribution in [3.63, 3.8) is 0 Å². The van der Waals surface area contributed by atoms with Gasteiger partial charge in [0.25, 0.3) is 0 Å². The Labute approximate surface area is 201 Å². The number of aromatic nitrogens is 7. The van der Waals surface area contributed by atoms with Crippen LogP contribution in [0.1, 0.15) is 17.0 Å². The predicted octanol–water partition coefficient (Wildman–Crippen LogP) is 3.50. The standard InChI is InChI=1S/C25H23N9O/c1-35-22-5-3-2-4-18(22)10-23-28-11-19(12-29-23)21-13-30-25(33-24(21)26)32-20-8-6-17(7-9-20)14-34-16-27-15-31-34/h2-9,11-13,15-16H,10,14H2,1H3,(H3,26,30,32,33). The summed E-state index contributed by atoms with van der Waals surface area (Å²) in [5.41, 5.74) is 10.6. The molecule has 0 unspecified atom stereocenters. The number of ether oxygens (including phenoxy) is 1. The minimum Gasteiger partial charge on any atom is -0.496 e. The molecule has 0 aliphatic rings. The van der Waals surface area contributed by atoms with Crippen LogP contribution in [0, 0.1) is 0 Å². The summed E-state index contributed by atoms with van der Waals surface area (Å²) in [4.78, 5) is 21.7. The van der Waals surface area contributed by atoms with Crippen molar-refractivity contribution in [2.45, 2.75) is 13.0 Å². The number of nitrogens with one attached hydrogen (secondary N) is 1. The van der Waals surface area contributed by atoms with E-state index in [0.29, 0.717) is 36.1 Å². The molecule has 10 nitrogen and oxygen atoms in total. The van der Waals surface area contributed by atoms with Crippen LogP contribution < -0.4 is 15.8 Å². The normalized spacial score (nSPS) is 10.8. The molecular weight excluding hydrogens is 442 g/mol. The van der Waals surface area contributed by atoms with Gasteiger partial charge in [0.2, 0.25) is 5.95 Å². The number of methoxy groups -OCH3 is 1. The zero-order valence-electron chi connectivity index (χ0n) is 19.0. The SMILES string of the molecule is COc1ccccc1Cc1ncc(-c2cnc(Nc3ccc(Cn4cncn4)cc3)nc2N)cn1. The quantitative estimate of drug-likeness (QED) is 0.354. The molecule has 3 aromatic heterocycles. The molecule has 0 aliphatic carbocycles. The van der Waals surface area contributed by atoms with Crippen LogP contribution in [0.2, 0.25) is 0 Å². The largest absolute Gasteiger partial charge is 0.496 e. The van der Waals surface area contributed by atoms with Crippen LogP contribution in [0.15, 0.2) is 79.8 Å². The molecule has 5 aromatic rings. The number of nitrogen functional groups attached to an aromatic ring is 1. The minimum absolute atomic E-state index is 0.339. The average Bonchev–Trinajstić information content (AvgIpc) is 3.39. The second kappa shape index (κ2) is 9.96. The molecule has 0 saturated carbocycles. The van der Waals surface area contributed by atoms with Crippen LogP contribution in [-0.4, -0.2) is 41.8 Å². The van der Waals surface area contributed by atoms with Gasteiger partial charge in [-0.25, -0.2) is 24.6 Å². The van der Waals surface area contributed by atoms with Crippen LogP contribution in [0.25, 0.3) is 11.1 Å². The Kier molecular flexibility index (Phi) is 6.25. The Morgan fingerprint density at radius 2 is 1.77 bits per heavy atom.